The van der Waals surface area contributed by atoms with Crippen molar-refractivity contribution in [2.24, 2.45) is 0 Å². The summed E-state index contributed by atoms with van der Waals surface area (Å²) in [4.78, 5) is 0. The van der Waals surface area contributed by atoms with Crippen LogP contribution in [0.3, 0.4) is 0 Å². The van der Waals surface area contributed by atoms with Gasteiger partial charge >= 0.3 is 0 Å². The summed E-state index contributed by atoms with van der Waals surface area (Å²) in [5.74, 6) is 0.878. The van der Waals surface area contributed by atoms with Gasteiger partial charge in [-0.25, -0.2) is 0 Å². The number of rotatable bonds is 4. The van der Waals surface area contributed by atoms with Gasteiger partial charge in [0.15, 0.2) is 5.82 Å². The minimum Gasteiger partial charge on any atom is -0.462 e. The van der Waals surface area contributed by atoms with Crippen LogP contribution in [0.5, 0.6) is 5.75 Å². The maximum Gasteiger partial charge on any atom is 0.229 e. The van der Waals surface area contributed by atoms with E-state index in [1.807, 2.05) is 37.3 Å². The molecule has 9 heteroatoms. The van der Waals surface area contributed by atoms with Crippen molar-refractivity contribution in [1.29, 1.82) is 0 Å². The van der Waals surface area contributed by atoms with Gasteiger partial charge in [0.1, 0.15) is 30.2 Å². The molecule has 3 aromatic rings. The van der Waals surface area contributed by atoms with Crippen LogP contribution in [0.2, 0.25) is 0 Å². The number of benzene rings is 2. The van der Waals surface area contributed by atoms with E-state index in [1.54, 1.807) is 6.07 Å². The van der Waals surface area contributed by atoms with Crippen LogP contribution in [0.15, 0.2) is 36.4 Å². The molecule has 7 N–H and O–H groups in total. The molecular formula is C20H23N3O6. The molecule has 0 aliphatic carbocycles. The summed E-state index contributed by atoms with van der Waals surface area (Å²) in [6.45, 7) is 1.33. The van der Waals surface area contributed by atoms with Crippen molar-refractivity contribution < 1.29 is 29.9 Å². The summed E-state index contributed by atoms with van der Waals surface area (Å²) in [6, 6.07) is 11.3. The number of hydrogen-bond donors (Lipinski definition) is 6. The minimum atomic E-state index is -1.49. The van der Waals surface area contributed by atoms with Crippen molar-refractivity contribution in [2.45, 2.75) is 37.6 Å². The molecule has 154 valence electrons. The van der Waals surface area contributed by atoms with E-state index in [4.69, 9.17) is 15.2 Å². The molecule has 0 amide bonds. The predicted octanol–water partition coefficient (Wildman–Crippen LogP) is 0.299. The Hall–Kier alpha value is -2.69. The Labute approximate surface area is 166 Å². The molecule has 29 heavy (non-hydrogen) atoms. The first kappa shape index (κ1) is 19.6. The van der Waals surface area contributed by atoms with Crippen molar-refractivity contribution >= 4 is 16.7 Å². The molecule has 1 fully saturated rings. The molecule has 0 saturated carbocycles. The highest BCUT2D eigenvalue weighted by molar-refractivity contribution is 5.92. The van der Waals surface area contributed by atoms with Crippen molar-refractivity contribution in [1.82, 2.24) is 10.2 Å². The molecule has 9 nitrogen and oxygen atoms in total. The highest BCUT2D eigenvalue weighted by atomic mass is 16.7. The number of H-pyrrole nitrogens is 1. The minimum absolute atomic E-state index is 0.432. The Morgan fingerprint density at radius 1 is 1.07 bits per heavy atom. The van der Waals surface area contributed by atoms with Gasteiger partial charge < -0.3 is 35.6 Å². The number of aliphatic hydroxyl groups is 4. The lowest BCUT2D eigenvalue weighted by Gasteiger charge is -2.39. The Morgan fingerprint density at radius 3 is 2.52 bits per heavy atom. The summed E-state index contributed by atoms with van der Waals surface area (Å²) in [5.41, 5.74) is 9.40. The fourth-order valence-corrected chi connectivity index (χ4v) is 3.46. The van der Waals surface area contributed by atoms with Gasteiger partial charge in [0.2, 0.25) is 6.29 Å². The topological polar surface area (TPSA) is 154 Å². The number of aromatic nitrogens is 2. The number of aromatic amines is 1. The van der Waals surface area contributed by atoms with E-state index < -0.39 is 37.3 Å². The van der Waals surface area contributed by atoms with Crippen LogP contribution >= 0.6 is 0 Å². The Kier molecular flexibility index (Phi) is 5.15. The number of fused-ring (bicyclic) bond motifs is 1. The van der Waals surface area contributed by atoms with Gasteiger partial charge in [0, 0.05) is 5.39 Å². The molecule has 0 radical (unpaired) electrons. The van der Waals surface area contributed by atoms with Crippen LogP contribution in [-0.4, -0.2) is 67.9 Å². The van der Waals surface area contributed by atoms with Crippen molar-refractivity contribution in [3.63, 3.8) is 0 Å². The zero-order valence-electron chi connectivity index (χ0n) is 15.7. The smallest absolute Gasteiger partial charge is 0.229 e. The average molecular weight is 401 g/mol. The van der Waals surface area contributed by atoms with Gasteiger partial charge in [-0.05, 0) is 47.9 Å². The largest absolute Gasteiger partial charge is 0.462 e. The number of anilines is 1. The van der Waals surface area contributed by atoms with Gasteiger partial charge in [0.05, 0.1) is 12.1 Å². The number of hydrogen-bond acceptors (Lipinski definition) is 8. The summed E-state index contributed by atoms with van der Waals surface area (Å²) in [5, 5.41) is 46.9. The van der Waals surface area contributed by atoms with Gasteiger partial charge in [0.25, 0.3) is 0 Å². The molecular weight excluding hydrogens is 378 g/mol. The number of aryl methyl sites for hydroxylation is 1. The monoisotopic (exact) mass is 401 g/mol. The highest BCUT2D eigenvalue weighted by Crippen LogP contribution is 2.31. The van der Waals surface area contributed by atoms with E-state index in [9.17, 15) is 20.4 Å². The van der Waals surface area contributed by atoms with E-state index in [1.165, 1.54) is 0 Å². The molecule has 2 aromatic carbocycles. The van der Waals surface area contributed by atoms with Gasteiger partial charge in [-0.15, -0.1) is 0 Å². The maximum absolute atomic E-state index is 10.1. The Morgan fingerprint density at radius 2 is 1.79 bits per heavy atom. The second-order valence-corrected chi connectivity index (χ2v) is 7.16. The third-order valence-electron chi connectivity index (χ3n) is 5.19. The lowest BCUT2D eigenvalue weighted by Crippen LogP contribution is -2.60. The van der Waals surface area contributed by atoms with E-state index in [-0.39, 0.29) is 0 Å². The summed E-state index contributed by atoms with van der Waals surface area (Å²) in [7, 11) is 0. The first-order chi connectivity index (χ1) is 13.9. The molecule has 1 aromatic heterocycles. The zero-order chi connectivity index (χ0) is 20.7. The molecule has 4 rings (SSSR count). The van der Waals surface area contributed by atoms with Crippen molar-refractivity contribution in [3.8, 4) is 16.9 Å². The highest BCUT2D eigenvalue weighted by Gasteiger charge is 2.44. The standard InChI is InChI=1S/C20H23N3O6/c1-9-6-10(11-2-4-13-12(7-11)19(21)23-22-13)3-5-14(9)28-20-18(27)17(26)16(25)15(8-24)29-20/h2-7,15-18,20,24-27H,8H2,1H3,(H3,21,22,23)/t15-,16-,17+,18+,20+/m0/s1. The van der Waals surface area contributed by atoms with Gasteiger partial charge in [-0.1, -0.05) is 12.1 Å². The first-order valence-electron chi connectivity index (χ1n) is 9.21. The third kappa shape index (κ3) is 3.54. The normalized spacial score (nSPS) is 27.3. The maximum atomic E-state index is 10.1. The van der Waals surface area contributed by atoms with Crippen LogP contribution in [0.4, 0.5) is 5.82 Å². The number of ether oxygens (including phenoxy) is 2. The van der Waals surface area contributed by atoms with Crippen LogP contribution in [-0.2, 0) is 4.74 Å². The fourth-order valence-electron chi connectivity index (χ4n) is 3.46. The second kappa shape index (κ2) is 7.62. The molecule has 5 atom stereocenters. The van der Waals surface area contributed by atoms with Gasteiger partial charge in [-0.2, -0.15) is 5.10 Å². The first-order valence-corrected chi connectivity index (χ1v) is 9.21. The van der Waals surface area contributed by atoms with E-state index in [0.717, 1.165) is 27.6 Å². The average Bonchev–Trinajstić information content (AvgIpc) is 3.10. The SMILES string of the molecule is Cc1cc(-c2ccc3[nH]nc(N)c3c2)ccc1O[C@@H]1O[C@@H](CO)[C@H](O)[C@@H](O)[C@H]1O. The van der Waals surface area contributed by atoms with Crippen LogP contribution in [0.1, 0.15) is 5.56 Å². The molecule has 1 saturated heterocycles. The molecule has 0 bridgehead atoms. The molecule has 1 aliphatic heterocycles. The Bertz CT molecular complexity index is 1020. The number of nitrogens with two attached hydrogens (primary N) is 1. The Balaban J connectivity index is 1.57. The number of nitrogens with one attached hydrogen (secondary N) is 1. The summed E-state index contributed by atoms with van der Waals surface area (Å²) in [6.07, 6.45) is -6.62. The van der Waals surface area contributed by atoms with E-state index >= 15 is 0 Å². The number of aliphatic hydroxyl groups excluding tert-OH is 4. The second-order valence-electron chi connectivity index (χ2n) is 7.16. The van der Waals surface area contributed by atoms with E-state index in [2.05, 4.69) is 10.2 Å². The zero-order valence-corrected chi connectivity index (χ0v) is 15.7. The quantitative estimate of drug-likeness (QED) is 0.365. The fraction of sp³-hybridized carbons (Fsp3) is 0.350. The van der Waals surface area contributed by atoms with Crippen molar-refractivity contribution in [2.75, 3.05) is 12.3 Å². The summed E-state index contributed by atoms with van der Waals surface area (Å²) >= 11 is 0. The lowest BCUT2D eigenvalue weighted by molar-refractivity contribution is -0.277. The van der Waals surface area contributed by atoms with Crippen LogP contribution in [0.25, 0.3) is 22.0 Å². The molecule has 0 unspecified atom stereocenters. The molecule has 2 heterocycles. The predicted molar refractivity (Wildman–Crippen MR) is 105 cm³/mol. The molecule has 1 aliphatic rings. The van der Waals surface area contributed by atoms with Gasteiger partial charge in [-0.3, -0.25) is 5.10 Å². The third-order valence-corrected chi connectivity index (χ3v) is 5.19. The number of nitrogens with zero attached hydrogens (tertiary/aromatic N) is 1. The van der Waals surface area contributed by atoms with Crippen molar-refractivity contribution in [3.05, 3.63) is 42.0 Å². The lowest BCUT2D eigenvalue weighted by atomic mass is 9.99. The summed E-state index contributed by atoms with van der Waals surface area (Å²) < 4.78 is 11.1. The van der Waals surface area contributed by atoms with Crippen LogP contribution < -0.4 is 10.5 Å². The van der Waals surface area contributed by atoms with E-state index in [0.29, 0.717) is 11.6 Å². The van der Waals surface area contributed by atoms with Crippen LogP contribution in [0, 0.1) is 6.92 Å². The molecule has 0 spiro atoms. The number of nitrogen functional groups attached to an aromatic ring is 1.